The molecule has 3 N–H and O–H groups in total. The predicted octanol–water partition coefficient (Wildman–Crippen LogP) is 0.478. The van der Waals surface area contributed by atoms with E-state index in [1.54, 1.807) is 0 Å². The van der Waals surface area contributed by atoms with Gasteiger partial charge in [-0.2, -0.15) is 13.2 Å². The Morgan fingerprint density at radius 3 is 2.71 bits per heavy atom. The Morgan fingerprint density at radius 1 is 1.41 bits per heavy atom. The zero-order chi connectivity index (χ0) is 12.9. The molecule has 0 aliphatic carbocycles. The van der Waals surface area contributed by atoms with Crippen molar-refractivity contribution in [2.24, 2.45) is 5.73 Å². The standard InChI is InChI=1S/C10H18F3N3O/c11-10(12,13)7-15-9(17)6-16-4-2-1-3-8(16)5-14/h8H,1-7,14H2,(H,15,17). The molecule has 17 heavy (non-hydrogen) atoms. The van der Waals surface area contributed by atoms with Gasteiger partial charge in [0.25, 0.3) is 0 Å². The normalized spacial score (nSPS) is 22.5. The van der Waals surface area contributed by atoms with Crippen molar-refractivity contribution >= 4 is 5.91 Å². The van der Waals surface area contributed by atoms with E-state index in [2.05, 4.69) is 0 Å². The van der Waals surface area contributed by atoms with E-state index in [9.17, 15) is 18.0 Å². The fourth-order valence-corrected chi connectivity index (χ4v) is 1.97. The molecular weight excluding hydrogens is 235 g/mol. The summed E-state index contributed by atoms with van der Waals surface area (Å²) in [6.07, 6.45) is -1.43. The SMILES string of the molecule is NCC1CCCCN1CC(=O)NCC(F)(F)F. The number of nitrogens with zero attached hydrogens (tertiary/aromatic N) is 1. The van der Waals surface area contributed by atoms with Crippen LogP contribution in [-0.2, 0) is 4.79 Å². The second kappa shape index (κ2) is 6.20. The monoisotopic (exact) mass is 253 g/mol. The van der Waals surface area contributed by atoms with Crippen LogP contribution in [0.5, 0.6) is 0 Å². The van der Waals surface area contributed by atoms with Crippen LogP contribution >= 0.6 is 0 Å². The average Bonchev–Trinajstić information content (AvgIpc) is 2.26. The molecule has 1 heterocycles. The second-order valence-electron chi connectivity index (χ2n) is 4.25. The third-order valence-corrected chi connectivity index (χ3v) is 2.85. The molecule has 0 bridgehead atoms. The lowest BCUT2D eigenvalue weighted by molar-refractivity contribution is -0.139. The highest BCUT2D eigenvalue weighted by atomic mass is 19.4. The molecule has 1 rings (SSSR count). The number of nitrogens with two attached hydrogens (primary N) is 1. The fourth-order valence-electron chi connectivity index (χ4n) is 1.97. The summed E-state index contributed by atoms with van der Waals surface area (Å²) < 4.78 is 35.7. The first kappa shape index (κ1) is 14.2. The average molecular weight is 253 g/mol. The highest BCUT2D eigenvalue weighted by Gasteiger charge is 2.29. The maximum absolute atomic E-state index is 11.9. The number of carbonyl (C=O) groups is 1. The molecule has 0 spiro atoms. The zero-order valence-corrected chi connectivity index (χ0v) is 9.59. The Kier molecular flexibility index (Phi) is 5.20. The Labute approximate surface area is 98.3 Å². The summed E-state index contributed by atoms with van der Waals surface area (Å²) in [7, 11) is 0. The van der Waals surface area contributed by atoms with Gasteiger partial charge in [0.2, 0.25) is 5.91 Å². The van der Waals surface area contributed by atoms with Gasteiger partial charge < -0.3 is 11.1 Å². The van der Waals surface area contributed by atoms with Crippen LogP contribution in [0.15, 0.2) is 0 Å². The van der Waals surface area contributed by atoms with Crippen LogP contribution in [0, 0.1) is 0 Å². The van der Waals surface area contributed by atoms with E-state index in [1.807, 2.05) is 10.2 Å². The lowest BCUT2D eigenvalue weighted by Crippen LogP contribution is -2.49. The van der Waals surface area contributed by atoms with Gasteiger partial charge in [-0.3, -0.25) is 9.69 Å². The molecule has 4 nitrogen and oxygen atoms in total. The summed E-state index contributed by atoms with van der Waals surface area (Å²) in [5, 5.41) is 1.87. The summed E-state index contributed by atoms with van der Waals surface area (Å²) in [4.78, 5) is 13.2. The third kappa shape index (κ3) is 5.36. The predicted molar refractivity (Wildman–Crippen MR) is 57.3 cm³/mol. The van der Waals surface area contributed by atoms with Gasteiger partial charge in [0.15, 0.2) is 0 Å². The number of nitrogens with one attached hydrogen (secondary N) is 1. The molecule has 1 aliphatic heterocycles. The van der Waals surface area contributed by atoms with Gasteiger partial charge in [-0.1, -0.05) is 6.42 Å². The molecule has 1 amide bonds. The lowest BCUT2D eigenvalue weighted by atomic mass is 10.0. The maximum Gasteiger partial charge on any atom is 0.405 e. The van der Waals surface area contributed by atoms with Crippen molar-refractivity contribution in [2.75, 3.05) is 26.2 Å². The highest BCUT2D eigenvalue weighted by Crippen LogP contribution is 2.16. The minimum atomic E-state index is -4.36. The van der Waals surface area contributed by atoms with Crippen molar-refractivity contribution in [1.29, 1.82) is 0 Å². The lowest BCUT2D eigenvalue weighted by Gasteiger charge is -2.34. The van der Waals surface area contributed by atoms with Crippen molar-refractivity contribution in [3.8, 4) is 0 Å². The number of amides is 1. The quantitative estimate of drug-likeness (QED) is 0.766. The Bertz CT molecular complexity index is 258. The Morgan fingerprint density at radius 2 is 2.12 bits per heavy atom. The molecule has 7 heteroatoms. The van der Waals surface area contributed by atoms with E-state index in [0.29, 0.717) is 6.54 Å². The molecule has 0 aromatic carbocycles. The number of hydrogen-bond donors (Lipinski definition) is 2. The summed E-state index contributed by atoms with van der Waals surface area (Å²) in [5.74, 6) is -0.595. The topological polar surface area (TPSA) is 58.4 Å². The molecule has 0 radical (unpaired) electrons. The molecule has 1 saturated heterocycles. The first-order valence-electron chi connectivity index (χ1n) is 5.70. The van der Waals surface area contributed by atoms with E-state index in [4.69, 9.17) is 5.73 Å². The van der Waals surface area contributed by atoms with E-state index in [0.717, 1.165) is 25.8 Å². The molecular formula is C10H18F3N3O. The number of hydrogen-bond acceptors (Lipinski definition) is 3. The van der Waals surface area contributed by atoms with Crippen molar-refractivity contribution in [3.05, 3.63) is 0 Å². The van der Waals surface area contributed by atoms with E-state index in [1.165, 1.54) is 0 Å². The summed E-state index contributed by atoms with van der Waals surface area (Å²) >= 11 is 0. The molecule has 1 unspecified atom stereocenters. The molecule has 0 saturated carbocycles. The fraction of sp³-hybridized carbons (Fsp3) is 0.900. The zero-order valence-electron chi connectivity index (χ0n) is 9.59. The van der Waals surface area contributed by atoms with E-state index in [-0.39, 0.29) is 12.6 Å². The number of piperidine rings is 1. The minimum Gasteiger partial charge on any atom is -0.346 e. The van der Waals surface area contributed by atoms with Gasteiger partial charge in [-0.25, -0.2) is 0 Å². The van der Waals surface area contributed by atoms with Crippen LogP contribution in [0.3, 0.4) is 0 Å². The molecule has 0 aromatic heterocycles. The molecule has 1 fully saturated rings. The largest absolute Gasteiger partial charge is 0.405 e. The smallest absolute Gasteiger partial charge is 0.346 e. The molecule has 0 aromatic rings. The van der Waals surface area contributed by atoms with Gasteiger partial charge in [-0.05, 0) is 19.4 Å². The van der Waals surface area contributed by atoms with Crippen LogP contribution in [0.1, 0.15) is 19.3 Å². The van der Waals surface area contributed by atoms with Crippen LogP contribution in [0.4, 0.5) is 13.2 Å². The molecule has 100 valence electrons. The second-order valence-corrected chi connectivity index (χ2v) is 4.25. The summed E-state index contributed by atoms with van der Waals surface area (Å²) in [5.41, 5.74) is 5.56. The number of rotatable bonds is 4. The van der Waals surface area contributed by atoms with Crippen molar-refractivity contribution in [3.63, 3.8) is 0 Å². The van der Waals surface area contributed by atoms with Gasteiger partial charge in [0.05, 0.1) is 6.54 Å². The van der Waals surface area contributed by atoms with Crippen LogP contribution in [0.25, 0.3) is 0 Å². The highest BCUT2D eigenvalue weighted by molar-refractivity contribution is 5.78. The molecule has 1 atom stereocenters. The van der Waals surface area contributed by atoms with Crippen molar-refractivity contribution < 1.29 is 18.0 Å². The summed E-state index contributed by atoms with van der Waals surface area (Å²) in [6.45, 7) is -0.112. The summed E-state index contributed by atoms with van der Waals surface area (Å²) in [6, 6.07) is 0.111. The maximum atomic E-state index is 11.9. The Balaban J connectivity index is 2.33. The first-order valence-corrected chi connectivity index (χ1v) is 5.70. The third-order valence-electron chi connectivity index (χ3n) is 2.85. The van der Waals surface area contributed by atoms with Gasteiger partial charge in [0, 0.05) is 12.6 Å². The number of alkyl halides is 3. The van der Waals surface area contributed by atoms with Crippen LogP contribution < -0.4 is 11.1 Å². The van der Waals surface area contributed by atoms with E-state index >= 15 is 0 Å². The van der Waals surface area contributed by atoms with Gasteiger partial charge >= 0.3 is 6.18 Å². The van der Waals surface area contributed by atoms with E-state index < -0.39 is 18.6 Å². The number of halogens is 3. The number of carbonyl (C=O) groups excluding carboxylic acids is 1. The van der Waals surface area contributed by atoms with Gasteiger partial charge in [0.1, 0.15) is 6.54 Å². The minimum absolute atomic E-state index is 0.00204. The number of likely N-dealkylation sites (tertiary alicyclic amines) is 1. The molecule has 1 aliphatic rings. The van der Waals surface area contributed by atoms with Crippen molar-refractivity contribution in [1.82, 2.24) is 10.2 Å². The first-order chi connectivity index (χ1) is 7.92. The van der Waals surface area contributed by atoms with Crippen LogP contribution in [-0.4, -0.2) is 49.2 Å². The van der Waals surface area contributed by atoms with Crippen molar-refractivity contribution in [2.45, 2.75) is 31.5 Å². The van der Waals surface area contributed by atoms with Gasteiger partial charge in [-0.15, -0.1) is 0 Å². The van der Waals surface area contributed by atoms with Crippen LogP contribution in [0.2, 0.25) is 0 Å². The Hall–Kier alpha value is -0.820.